The Bertz CT molecular complexity index is 459. The number of fused-ring (bicyclic) bond motifs is 1. The number of para-hydroxylation sites is 1. The van der Waals surface area contributed by atoms with Crippen molar-refractivity contribution < 1.29 is 9.53 Å². The number of rotatable bonds is 3. The van der Waals surface area contributed by atoms with Gasteiger partial charge in [-0.15, -0.1) is 0 Å². The molecule has 2 N–H and O–H groups in total. The maximum Gasteiger partial charge on any atom is 0.223 e. The van der Waals surface area contributed by atoms with E-state index >= 15 is 0 Å². The lowest BCUT2D eigenvalue weighted by molar-refractivity contribution is -0.116. The Kier molecular flexibility index (Phi) is 4.43. The van der Waals surface area contributed by atoms with Crippen LogP contribution in [0.1, 0.15) is 25.8 Å². The number of hydrogen-bond acceptors (Lipinski definition) is 3. The fourth-order valence-corrected chi connectivity index (χ4v) is 2.66. The topological polar surface area (TPSA) is 55.6 Å². The molecule has 0 bridgehead atoms. The normalized spacial score (nSPS) is 18.7. The quantitative estimate of drug-likeness (QED) is 0.906. The van der Waals surface area contributed by atoms with Gasteiger partial charge in [0.2, 0.25) is 5.91 Å². The fourth-order valence-electron chi connectivity index (χ4n) is 2.66. The third-order valence-corrected chi connectivity index (χ3v) is 3.64. The summed E-state index contributed by atoms with van der Waals surface area (Å²) >= 11 is 0. The van der Waals surface area contributed by atoms with Gasteiger partial charge in [-0.3, -0.25) is 4.79 Å². The van der Waals surface area contributed by atoms with E-state index in [0.29, 0.717) is 25.6 Å². The summed E-state index contributed by atoms with van der Waals surface area (Å²) in [5.74, 6) is 1.29. The lowest BCUT2D eigenvalue weighted by atomic mass is 9.97. The van der Waals surface area contributed by atoms with E-state index in [1.165, 1.54) is 0 Å². The second kappa shape index (κ2) is 6.06. The van der Waals surface area contributed by atoms with Crippen molar-refractivity contribution in [2.75, 3.05) is 24.6 Å². The van der Waals surface area contributed by atoms with E-state index in [0.717, 1.165) is 29.8 Å². The molecule has 1 heterocycles. The molecule has 4 nitrogen and oxygen atoms in total. The average Bonchev–Trinajstić information content (AvgIpc) is 2.58. The molecule has 1 aliphatic rings. The van der Waals surface area contributed by atoms with Gasteiger partial charge in [-0.2, -0.15) is 0 Å². The summed E-state index contributed by atoms with van der Waals surface area (Å²) < 4.78 is 5.68. The first-order chi connectivity index (χ1) is 9.17. The zero-order valence-electron chi connectivity index (χ0n) is 11.7. The summed E-state index contributed by atoms with van der Waals surface area (Å²) in [5.41, 5.74) is 7.91. The van der Waals surface area contributed by atoms with E-state index in [1.807, 2.05) is 24.0 Å². The van der Waals surface area contributed by atoms with Crippen LogP contribution in [0.2, 0.25) is 0 Å². The molecular formula is C15H22N2O2. The van der Waals surface area contributed by atoms with Gasteiger partial charge in [0.25, 0.3) is 0 Å². The summed E-state index contributed by atoms with van der Waals surface area (Å²) in [5, 5.41) is 0. The Hall–Kier alpha value is -1.55. The van der Waals surface area contributed by atoms with Gasteiger partial charge in [0.05, 0.1) is 12.3 Å². The second-order valence-corrected chi connectivity index (χ2v) is 4.96. The fraction of sp³-hybridized carbons (Fsp3) is 0.533. The third kappa shape index (κ3) is 2.89. The predicted octanol–water partition coefficient (Wildman–Crippen LogP) is 1.96. The Labute approximate surface area is 114 Å². The Morgan fingerprint density at radius 2 is 2.32 bits per heavy atom. The largest absolute Gasteiger partial charge is 0.492 e. The first-order valence-electron chi connectivity index (χ1n) is 6.90. The van der Waals surface area contributed by atoms with Gasteiger partial charge in [-0.05, 0) is 43.9 Å². The van der Waals surface area contributed by atoms with Crippen molar-refractivity contribution in [2.24, 2.45) is 11.7 Å². The number of carbonyl (C=O) groups excluding carboxylic acids is 1. The summed E-state index contributed by atoms with van der Waals surface area (Å²) in [6.07, 6.45) is 1.85. The summed E-state index contributed by atoms with van der Waals surface area (Å²) in [6, 6.07) is 5.99. The zero-order chi connectivity index (χ0) is 13.8. The van der Waals surface area contributed by atoms with Gasteiger partial charge in [-0.25, -0.2) is 0 Å². The minimum Gasteiger partial charge on any atom is -0.492 e. The molecule has 0 aliphatic carbocycles. The molecule has 104 valence electrons. The number of nitrogens with two attached hydrogens (primary N) is 1. The molecule has 19 heavy (non-hydrogen) atoms. The molecule has 0 saturated carbocycles. The minimum absolute atomic E-state index is 0.0612. The van der Waals surface area contributed by atoms with Crippen molar-refractivity contribution in [3.05, 3.63) is 23.8 Å². The van der Waals surface area contributed by atoms with Crippen LogP contribution in [-0.4, -0.2) is 25.6 Å². The molecule has 1 aromatic carbocycles. The zero-order valence-corrected chi connectivity index (χ0v) is 11.7. The van der Waals surface area contributed by atoms with Gasteiger partial charge in [0, 0.05) is 13.5 Å². The van der Waals surface area contributed by atoms with Crippen molar-refractivity contribution in [3.8, 4) is 5.75 Å². The number of benzene rings is 1. The average molecular weight is 262 g/mol. The van der Waals surface area contributed by atoms with Gasteiger partial charge >= 0.3 is 0 Å². The first kappa shape index (κ1) is 13.9. The van der Waals surface area contributed by atoms with Crippen molar-refractivity contribution >= 4 is 11.6 Å². The Morgan fingerprint density at radius 1 is 1.53 bits per heavy atom. The molecule has 0 spiro atoms. The van der Waals surface area contributed by atoms with Gasteiger partial charge in [0.15, 0.2) is 0 Å². The third-order valence-electron chi connectivity index (χ3n) is 3.64. The van der Waals surface area contributed by atoms with Crippen LogP contribution in [0, 0.1) is 5.92 Å². The van der Waals surface area contributed by atoms with Crippen molar-refractivity contribution in [3.63, 3.8) is 0 Å². The van der Waals surface area contributed by atoms with Crippen LogP contribution in [-0.2, 0) is 11.2 Å². The molecule has 1 amide bonds. The standard InChI is InChI=1S/C15H22N2O2/c1-3-19-14-6-4-5-13-9-12(10-16)7-8-17(11(2)18)15(13)14/h4-6,12H,3,7-10,16H2,1-2H3. The molecule has 1 unspecified atom stereocenters. The Morgan fingerprint density at radius 3 is 2.95 bits per heavy atom. The van der Waals surface area contributed by atoms with Crippen LogP contribution >= 0.6 is 0 Å². The number of amides is 1. The highest BCUT2D eigenvalue weighted by Gasteiger charge is 2.25. The lowest BCUT2D eigenvalue weighted by Gasteiger charge is -2.24. The highest BCUT2D eigenvalue weighted by Crippen LogP contribution is 2.36. The van der Waals surface area contributed by atoms with E-state index < -0.39 is 0 Å². The SMILES string of the molecule is CCOc1cccc2c1N(C(C)=O)CCC(CN)C2. The van der Waals surface area contributed by atoms with Crippen LogP contribution < -0.4 is 15.4 Å². The van der Waals surface area contributed by atoms with E-state index in [-0.39, 0.29) is 5.91 Å². The van der Waals surface area contributed by atoms with E-state index in [1.54, 1.807) is 6.92 Å². The van der Waals surface area contributed by atoms with E-state index in [2.05, 4.69) is 6.07 Å². The van der Waals surface area contributed by atoms with Crippen LogP contribution in [0.25, 0.3) is 0 Å². The molecule has 1 aliphatic heterocycles. The predicted molar refractivity (Wildman–Crippen MR) is 76.5 cm³/mol. The molecule has 0 radical (unpaired) electrons. The number of nitrogens with zero attached hydrogens (tertiary/aromatic N) is 1. The molecule has 1 atom stereocenters. The molecule has 2 rings (SSSR count). The smallest absolute Gasteiger partial charge is 0.223 e. The lowest BCUT2D eigenvalue weighted by Crippen LogP contribution is -2.30. The van der Waals surface area contributed by atoms with Crippen molar-refractivity contribution in [1.29, 1.82) is 0 Å². The van der Waals surface area contributed by atoms with Gasteiger partial charge in [0.1, 0.15) is 5.75 Å². The van der Waals surface area contributed by atoms with Crippen LogP contribution in [0.4, 0.5) is 5.69 Å². The molecule has 4 heteroatoms. The number of carbonyl (C=O) groups is 1. The van der Waals surface area contributed by atoms with E-state index in [9.17, 15) is 4.79 Å². The molecule has 0 saturated heterocycles. The van der Waals surface area contributed by atoms with Crippen LogP contribution in [0.5, 0.6) is 5.75 Å². The summed E-state index contributed by atoms with van der Waals surface area (Å²) in [6.45, 7) is 5.53. The number of hydrogen-bond donors (Lipinski definition) is 1. The Balaban J connectivity index is 2.47. The van der Waals surface area contributed by atoms with Gasteiger partial charge in [-0.1, -0.05) is 12.1 Å². The maximum absolute atomic E-state index is 11.9. The highest BCUT2D eigenvalue weighted by atomic mass is 16.5. The maximum atomic E-state index is 11.9. The molecule has 1 aromatic rings. The van der Waals surface area contributed by atoms with Crippen LogP contribution in [0.15, 0.2) is 18.2 Å². The second-order valence-electron chi connectivity index (χ2n) is 4.96. The number of ether oxygens (including phenoxy) is 1. The number of anilines is 1. The molecule has 0 aromatic heterocycles. The summed E-state index contributed by atoms with van der Waals surface area (Å²) in [7, 11) is 0. The minimum atomic E-state index is 0.0612. The van der Waals surface area contributed by atoms with Crippen molar-refractivity contribution in [2.45, 2.75) is 26.7 Å². The summed E-state index contributed by atoms with van der Waals surface area (Å²) in [4.78, 5) is 13.7. The van der Waals surface area contributed by atoms with Crippen LogP contribution in [0.3, 0.4) is 0 Å². The van der Waals surface area contributed by atoms with E-state index in [4.69, 9.17) is 10.5 Å². The highest BCUT2D eigenvalue weighted by molar-refractivity contribution is 5.94. The monoisotopic (exact) mass is 262 g/mol. The van der Waals surface area contributed by atoms with Crippen molar-refractivity contribution in [1.82, 2.24) is 0 Å². The first-order valence-corrected chi connectivity index (χ1v) is 6.90. The molecular weight excluding hydrogens is 240 g/mol. The molecule has 0 fully saturated rings. The van der Waals surface area contributed by atoms with Gasteiger partial charge < -0.3 is 15.4 Å².